The molecule has 1 heterocycles. The first-order chi connectivity index (χ1) is 18.2. The van der Waals surface area contributed by atoms with Gasteiger partial charge in [-0.3, -0.25) is 0 Å². The minimum absolute atomic E-state index is 0.168. The van der Waals surface area contributed by atoms with Crippen molar-refractivity contribution >= 4 is 9.84 Å². The zero-order chi connectivity index (χ0) is 29.0. The number of rotatable bonds is 4. The monoisotopic (exact) mass is 568 g/mol. The minimum Gasteiger partial charge on any atom is -0.341 e. The van der Waals surface area contributed by atoms with E-state index in [-0.39, 0.29) is 23.3 Å². The van der Waals surface area contributed by atoms with Gasteiger partial charge in [-0.15, -0.1) is 0 Å². The first kappa shape index (κ1) is 31.7. The third-order valence-electron chi connectivity index (χ3n) is 7.73. The van der Waals surface area contributed by atoms with Crippen LogP contribution in [0.3, 0.4) is 0 Å². The molecule has 0 amide bonds. The Kier molecular flexibility index (Phi) is 9.73. The van der Waals surface area contributed by atoms with Crippen LogP contribution in [0, 0.1) is 17.3 Å². The molecule has 8 heteroatoms. The third-order valence-corrected chi connectivity index (χ3v) is 10.0. The van der Waals surface area contributed by atoms with E-state index in [0.717, 1.165) is 44.9 Å². The lowest BCUT2D eigenvalue weighted by atomic mass is 9.78. The molecule has 2 aliphatic rings. The smallest absolute Gasteiger partial charge is 0.341 e. The van der Waals surface area contributed by atoms with Gasteiger partial charge in [0, 0.05) is 12.0 Å². The van der Waals surface area contributed by atoms with E-state index >= 15 is 13.2 Å². The van der Waals surface area contributed by atoms with Crippen LogP contribution in [0.15, 0.2) is 47.4 Å². The molecule has 3 rings (SSSR count). The molecule has 0 radical (unpaired) electrons. The van der Waals surface area contributed by atoms with Crippen molar-refractivity contribution in [2.24, 2.45) is 5.41 Å². The molecule has 1 spiro atoms. The van der Waals surface area contributed by atoms with Gasteiger partial charge in [-0.05, 0) is 58.2 Å². The molecule has 1 aliphatic heterocycles. The normalized spacial score (nSPS) is 27.3. The van der Waals surface area contributed by atoms with Gasteiger partial charge in [-0.2, -0.15) is 13.2 Å². The summed E-state index contributed by atoms with van der Waals surface area (Å²) < 4.78 is 84.5. The lowest BCUT2D eigenvalue weighted by Gasteiger charge is -2.41. The van der Waals surface area contributed by atoms with E-state index in [1.54, 1.807) is 26.8 Å². The molecule has 1 aromatic rings. The summed E-state index contributed by atoms with van der Waals surface area (Å²) in [5.41, 5.74) is -2.53. The van der Waals surface area contributed by atoms with Crippen LogP contribution in [-0.4, -0.2) is 37.3 Å². The molecular formula is C31H43F3O4S. The van der Waals surface area contributed by atoms with Gasteiger partial charge >= 0.3 is 12.0 Å². The number of benzene rings is 1. The molecule has 1 saturated carbocycles. The Morgan fingerprint density at radius 1 is 0.923 bits per heavy atom. The Hall–Kier alpha value is -1.82. The molecular weight excluding hydrogens is 525 g/mol. The summed E-state index contributed by atoms with van der Waals surface area (Å²) in [6.07, 6.45) is 3.26. The summed E-state index contributed by atoms with van der Waals surface area (Å²) in [6, 6.07) is 7.17. The molecule has 0 unspecified atom stereocenters. The fourth-order valence-corrected chi connectivity index (χ4v) is 7.94. The molecule has 1 aromatic carbocycles. The van der Waals surface area contributed by atoms with Crippen molar-refractivity contribution in [2.75, 3.05) is 6.61 Å². The van der Waals surface area contributed by atoms with Crippen molar-refractivity contribution in [1.29, 1.82) is 0 Å². The van der Waals surface area contributed by atoms with Gasteiger partial charge in [0.15, 0.2) is 0 Å². The predicted molar refractivity (Wildman–Crippen MR) is 148 cm³/mol. The van der Waals surface area contributed by atoms with Crippen LogP contribution < -0.4 is 0 Å². The Labute approximate surface area is 232 Å². The molecule has 0 bridgehead atoms. The molecule has 0 aromatic heterocycles. The minimum atomic E-state index is -5.23. The third kappa shape index (κ3) is 5.96. The van der Waals surface area contributed by atoms with Gasteiger partial charge in [-0.1, -0.05) is 94.4 Å². The number of hydrogen-bond acceptors (Lipinski definition) is 4. The van der Waals surface area contributed by atoms with Crippen molar-refractivity contribution in [3.8, 4) is 11.8 Å². The number of halogens is 3. The second-order valence-electron chi connectivity index (χ2n) is 11.8. The lowest BCUT2D eigenvalue weighted by molar-refractivity contribution is -0.387. The van der Waals surface area contributed by atoms with Crippen LogP contribution in [-0.2, 0) is 19.3 Å². The average Bonchev–Trinajstić information content (AvgIpc) is 3.07. The average molecular weight is 569 g/mol. The molecule has 1 aliphatic carbocycles. The van der Waals surface area contributed by atoms with Crippen LogP contribution in [0.5, 0.6) is 0 Å². The molecule has 1 saturated heterocycles. The number of hydrogen-bond donors (Lipinski definition) is 0. The summed E-state index contributed by atoms with van der Waals surface area (Å²) in [5.74, 6) is 1.95. The highest BCUT2D eigenvalue weighted by molar-refractivity contribution is 7.93. The van der Waals surface area contributed by atoms with E-state index < -0.39 is 44.2 Å². The second kappa shape index (κ2) is 12.0. The lowest BCUT2D eigenvalue weighted by Crippen LogP contribution is -2.65. The SMILES string of the molecule is C=C1C2(CCCCCCCCCCC2)O[C@](OCC)(C(F)(F)F)[C@]1(C#CC(C)(C)C)S(=O)(=O)c1ccccc1. The maximum Gasteiger partial charge on any atom is 0.446 e. The van der Waals surface area contributed by atoms with E-state index in [1.807, 2.05) is 0 Å². The molecule has 218 valence electrons. The van der Waals surface area contributed by atoms with Gasteiger partial charge in [0.1, 0.15) is 0 Å². The molecule has 2 atom stereocenters. The first-order valence-electron chi connectivity index (χ1n) is 14.1. The van der Waals surface area contributed by atoms with Crippen LogP contribution in [0.4, 0.5) is 13.2 Å². The van der Waals surface area contributed by atoms with Gasteiger partial charge in [-0.25, -0.2) is 8.42 Å². The van der Waals surface area contributed by atoms with Crippen molar-refractivity contribution < 1.29 is 31.1 Å². The Bertz CT molecular complexity index is 1150. The maximum absolute atomic E-state index is 15.5. The van der Waals surface area contributed by atoms with Gasteiger partial charge in [0.2, 0.25) is 14.6 Å². The van der Waals surface area contributed by atoms with E-state index in [1.165, 1.54) is 31.2 Å². The fourth-order valence-electron chi connectivity index (χ4n) is 5.81. The van der Waals surface area contributed by atoms with E-state index in [2.05, 4.69) is 18.4 Å². The fraction of sp³-hybridized carbons (Fsp3) is 0.677. The predicted octanol–water partition coefficient (Wildman–Crippen LogP) is 8.17. The Morgan fingerprint density at radius 3 is 1.85 bits per heavy atom. The van der Waals surface area contributed by atoms with E-state index in [4.69, 9.17) is 9.47 Å². The number of sulfone groups is 1. The highest BCUT2D eigenvalue weighted by Crippen LogP contribution is 2.63. The summed E-state index contributed by atoms with van der Waals surface area (Å²) >= 11 is 0. The second-order valence-corrected chi connectivity index (χ2v) is 13.9. The zero-order valence-electron chi connectivity index (χ0n) is 23.8. The molecule has 4 nitrogen and oxygen atoms in total. The topological polar surface area (TPSA) is 52.6 Å². The highest BCUT2D eigenvalue weighted by Gasteiger charge is 2.83. The quantitative estimate of drug-likeness (QED) is 0.272. The highest BCUT2D eigenvalue weighted by atomic mass is 32.2. The number of alkyl halides is 3. The zero-order valence-corrected chi connectivity index (χ0v) is 24.6. The van der Waals surface area contributed by atoms with Crippen molar-refractivity contribution in [2.45, 2.75) is 126 Å². The molecule has 0 N–H and O–H groups in total. The summed E-state index contributed by atoms with van der Waals surface area (Å²) in [7, 11) is -4.85. The summed E-state index contributed by atoms with van der Waals surface area (Å²) in [6.45, 7) is 10.3. The summed E-state index contributed by atoms with van der Waals surface area (Å²) in [4.78, 5) is -0.281. The first-order valence-corrected chi connectivity index (χ1v) is 15.6. The van der Waals surface area contributed by atoms with Gasteiger partial charge in [0.25, 0.3) is 0 Å². The van der Waals surface area contributed by atoms with E-state index in [0.29, 0.717) is 12.8 Å². The van der Waals surface area contributed by atoms with E-state index in [9.17, 15) is 8.42 Å². The largest absolute Gasteiger partial charge is 0.446 e. The van der Waals surface area contributed by atoms with Crippen molar-refractivity contribution in [3.05, 3.63) is 42.5 Å². The molecule has 2 fully saturated rings. The van der Waals surface area contributed by atoms with Crippen molar-refractivity contribution in [3.63, 3.8) is 0 Å². The van der Waals surface area contributed by atoms with Crippen LogP contribution in [0.2, 0.25) is 0 Å². The molecule has 39 heavy (non-hydrogen) atoms. The van der Waals surface area contributed by atoms with Crippen LogP contribution >= 0.6 is 0 Å². The van der Waals surface area contributed by atoms with Gasteiger partial charge in [0.05, 0.1) is 10.5 Å². The number of ether oxygens (including phenoxy) is 2. The Morgan fingerprint density at radius 2 is 1.41 bits per heavy atom. The van der Waals surface area contributed by atoms with Crippen LogP contribution in [0.25, 0.3) is 0 Å². The standard InChI is InChI=1S/C31H43F3O4S/c1-6-37-30(31(32,33)34)29(24-23-27(3,4)5,39(35,36)26-19-15-14-16-20-26)25(2)28(38-30)21-17-12-10-8-7-9-11-13-18-22-28/h14-16,19-20H,2,6-13,17-18,21-22H2,1,3-5H3/t29-,30+/m1/s1. The van der Waals surface area contributed by atoms with Crippen molar-refractivity contribution in [1.82, 2.24) is 0 Å². The van der Waals surface area contributed by atoms with Gasteiger partial charge < -0.3 is 9.47 Å². The maximum atomic E-state index is 15.5. The Balaban J connectivity index is 2.40. The summed E-state index contributed by atoms with van der Waals surface area (Å²) in [5, 5.41) is 0. The van der Waals surface area contributed by atoms with Crippen LogP contribution in [0.1, 0.15) is 98.3 Å².